The van der Waals surface area contributed by atoms with Gasteiger partial charge in [0.25, 0.3) is 0 Å². The average Bonchev–Trinajstić information content (AvgIpc) is 2.96. The largest absolute Gasteiger partial charge is 0.453 e. The molecular formula is C27H41BrO8Si. The van der Waals surface area contributed by atoms with E-state index >= 15 is 0 Å². The van der Waals surface area contributed by atoms with Crippen LogP contribution in [-0.4, -0.2) is 81.1 Å². The molecule has 1 aromatic rings. The van der Waals surface area contributed by atoms with Gasteiger partial charge in [0.15, 0.2) is 20.2 Å². The summed E-state index contributed by atoms with van der Waals surface area (Å²) in [6, 6.07) is 7.02. The number of hydrogen-bond acceptors (Lipinski definition) is 8. The zero-order valence-electron chi connectivity index (χ0n) is 22.9. The Labute approximate surface area is 229 Å². The third kappa shape index (κ3) is 6.66. The van der Waals surface area contributed by atoms with Gasteiger partial charge in [-0.05, 0) is 69.1 Å². The van der Waals surface area contributed by atoms with Gasteiger partial charge in [0.2, 0.25) is 0 Å². The van der Waals surface area contributed by atoms with E-state index in [-0.39, 0.29) is 17.7 Å². The lowest BCUT2D eigenvalue weighted by Gasteiger charge is -2.50. The Hall–Kier alpha value is -0.853. The molecule has 10 heteroatoms. The third-order valence-electron chi connectivity index (χ3n) is 7.99. The topological polar surface area (TPSA) is 92.7 Å². The first-order valence-corrected chi connectivity index (χ1v) is 16.8. The van der Waals surface area contributed by atoms with Crippen LogP contribution in [0.25, 0.3) is 0 Å². The molecule has 0 radical (unpaired) electrons. The summed E-state index contributed by atoms with van der Waals surface area (Å²) >= 11 is 3.40. The fraction of sp³-hybridized carbons (Fsp3) is 0.741. The second-order valence-electron chi connectivity index (χ2n) is 12.2. The van der Waals surface area contributed by atoms with E-state index in [2.05, 4.69) is 49.8 Å². The van der Waals surface area contributed by atoms with Crippen LogP contribution in [0.5, 0.6) is 0 Å². The van der Waals surface area contributed by atoms with Crippen molar-refractivity contribution >= 4 is 30.2 Å². The number of halogens is 1. The van der Waals surface area contributed by atoms with E-state index in [9.17, 15) is 9.90 Å². The van der Waals surface area contributed by atoms with E-state index in [1.165, 1.54) is 0 Å². The molecule has 3 heterocycles. The Bertz CT molecular complexity index is 947. The molecule has 3 aliphatic rings. The van der Waals surface area contributed by atoms with Crippen LogP contribution in [0.4, 0.5) is 0 Å². The molecule has 0 spiro atoms. The predicted molar refractivity (Wildman–Crippen MR) is 144 cm³/mol. The summed E-state index contributed by atoms with van der Waals surface area (Å²) in [5, 5.41) is 11.0. The number of ether oxygens (including phenoxy) is 5. The number of rotatable bonds is 5. The summed E-state index contributed by atoms with van der Waals surface area (Å²) in [6.45, 7) is 15.1. The highest BCUT2D eigenvalue weighted by Crippen LogP contribution is 2.40. The molecule has 1 aromatic carbocycles. The highest BCUT2D eigenvalue weighted by molar-refractivity contribution is 9.10. The van der Waals surface area contributed by atoms with Gasteiger partial charge >= 0.3 is 5.97 Å². The fourth-order valence-corrected chi connectivity index (χ4v) is 5.97. The van der Waals surface area contributed by atoms with Crippen LogP contribution >= 0.6 is 15.9 Å². The fourth-order valence-electron chi connectivity index (χ4n) is 4.69. The number of hydrogen-bond donors (Lipinski definition) is 1. The molecule has 7 atom stereocenters. The molecule has 0 unspecified atom stereocenters. The van der Waals surface area contributed by atoms with E-state index in [1.807, 2.05) is 13.8 Å². The molecule has 0 saturated carbocycles. The second kappa shape index (κ2) is 11.0. The lowest BCUT2D eigenvalue weighted by Crippen LogP contribution is -2.66. The summed E-state index contributed by atoms with van der Waals surface area (Å²) in [7, 11) is -2.07. The number of aliphatic hydroxyl groups excluding tert-OH is 1. The van der Waals surface area contributed by atoms with Gasteiger partial charge < -0.3 is 33.2 Å². The highest BCUT2D eigenvalue weighted by atomic mass is 79.9. The second-order valence-corrected chi connectivity index (χ2v) is 18.0. The molecule has 3 saturated heterocycles. The maximum absolute atomic E-state index is 13.2. The molecule has 0 aromatic heterocycles. The standard InChI is InChI=1S/C27H41BrO8Si/c1-26(2,3)37(6,7)32-15-20-18(29)12-13-19-22(34-20)24(23-21(33-19)14-31-27(4,5)36-23)35-25(30)16-8-10-17(28)11-9-16/h8-11,18-24,29H,12-15H2,1-7H3/t18-,19+,20+,21-,22+,23-,24-/m1/s1. The Morgan fingerprint density at radius 1 is 1.11 bits per heavy atom. The van der Waals surface area contributed by atoms with Crippen molar-refractivity contribution in [3.8, 4) is 0 Å². The third-order valence-corrected chi connectivity index (χ3v) is 13.0. The molecule has 1 N–H and O–H groups in total. The lowest BCUT2D eigenvalue weighted by atomic mass is 9.91. The van der Waals surface area contributed by atoms with Crippen molar-refractivity contribution in [1.82, 2.24) is 0 Å². The number of esters is 1. The number of carbonyl (C=O) groups is 1. The zero-order valence-corrected chi connectivity index (χ0v) is 25.4. The van der Waals surface area contributed by atoms with E-state index in [1.54, 1.807) is 24.3 Å². The van der Waals surface area contributed by atoms with Gasteiger partial charge in [0.05, 0.1) is 31.0 Å². The minimum atomic E-state index is -2.07. The van der Waals surface area contributed by atoms with E-state index in [0.717, 1.165) is 4.47 Å². The van der Waals surface area contributed by atoms with Gasteiger partial charge in [-0.3, -0.25) is 0 Å². The highest BCUT2D eigenvalue weighted by Gasteiger charge is 2.55. The van der Waals surface area contributed by atoms with Crippen LogP contribution in [0.3, 0.4) is 0 Å². The molecular weight excluding hydrogens is 560 g/mol. The van der Waals surface area contributed by atoms with Crippen molar-refractivity contribution < 1.29 is 38.0 Å². The summed E-state index contributed by atoms with van der Waals surface area (Å²) < 4.78 is 38.5. The SMILES string of the molecule is CC1(C)OC[C@H]2O[C@H]3CC[C@@H](O)[C@H](CO[Si](C)(C)C(C)(C)C)O[C@@H]3[C@@H](OC(=O)c3ccc(Br)cc3)[C@@H]2O1. The Morgan fingerprint density at radius 3 is 2.43 bits per heavy atom. The van der Waals surface area contributed by atoms with Gasteiger partial charge in [-0.25, -0.2) is 4.79 Å². The average molecular weight is 602 g/mol. The number of carbonyl (C=O) groups excluding carboxylic acids is 1. The zero-order chi connectivity index (χ0) is 27.2. The molecule has 37 heavy (non-hydrogen) atoms. The molecule has 8 nitrogen and oxygen atoms in total. The maximum Gasteiger partial charge on any atom is 0.338 e. The van der Waals surface area contributed by atoms with E-state index in [4.69, 9.17) is 28.1 Å². The normalized spacial score (nSPS) is 34.1. The first-order valence-electron chi connectivity index (χ1n) is 13.1. The van der Waals surface area contributed by atoms with Crippen molar-refractivity contribution in [1.29, 1.82) is 0 Å². The minimum Gasteiger partial charge on any atom is -0.453 e. The van der Waals surface area contributed by atoms with Crippen molar-refractivity contribution in [2.24, 2.45) is 0 Å². The van der Waals surface area contributed by atoms with Crippen molar-refractivity contribution in [3.63, 3.8) is 0 Å². The molecule has 208 valence electrons. The summed E-state index contributed by atoms with van der Waals surface area (Å²) in [5.41, 5.74) is 0.431. The summed E-state index contributed by atoms with van der Waals surface area (Å²) in [5.74, 6) is -1.33. The summed E-state index contributed by atoms with van der Waals surface area (Å²) in [6.07, 6.45) is -3.01. The Balaban J connectivity index is 1.59. The molecule has 0 amide bonds. The van der Waals surface area contributed by atoms with Gasteiger partial charge in [0.1, 0.15) is 24.4 Å². The van der Waals surface area contributed by atoms with Gasteiger partial charge in [0, 0.05) is 4.47 Å². The molecule has 0 aliphatic carbocycles. The van der Waals surface area contributed by atoms with E-state index in [0.29, 0.717) is 25.0 Å². The van der Waals surface area contributed by atoms with Crippen LogP contribution in [0.15, 0.2) is 28.7 Å². The summed E-state index contributed by atoms with van der Waals surface area (Å²) in [4.78, 5) is 13.2. The van der Waals surface area contributed by atoms with Crippen LogP contribution < -0.4 is 0 Å². The van der Waals surface area contributed by atoms with Gasteiger partial charge in [-0.1, -0.05) is 36.7 Å². The van der Waals surface area contributed by atoms with Crippen molar-refractivity contribution in [2.45, 2.75) is 114 Å². The quantitative estimate of drug-likeness (QED) is 0.380. The van der Waals surface area contributed by atoms with Crippen molar-refractivity contribution in [3.05, 3.63) is 34.3 Å². The van der Waals surface area contributed by atoms with E-state index < -0.39 is 56.7 Å². The predicted octanol–water partition coefficient (Wildman–Crippen LogP) is 4.82. The monoisotopic (exact) mass is 600 g/mol. The lowest BCUT2D eigenvalue weighted by molar-refractivity contribution is -0.361. The first kappa shape index (κ1) is 29.1. The Kier molecular flexibility index (Phi) is 8.63. The molecule has 4 rings (SSSR count). The minimum absolute atomic E-state index is 0.0245. The first-order chi connectivity index (χ1) is 17.2. The van der Waals surface area contributed by atoms with Gasteiger partial charge in [-0.15, -0.1) is 0 Å². The van der Waals surface area contributed by atoms with Crippen molar-refractivity contribution in [2.75, 3.05) is 13.2 Å². The van der Waals surface area contributed by atoms with Crippen LogP contribution in [-0.2, 0) is 28.1 Å². The van der Waals surface area contributed by atoms with Gasteiger partial charge in [-0.2, -0.15) is 0 Å². The molecule has 0 bridgehead atoms. The van der Waals surface area contributed by atoms with Crippen LogP contribution in [0.2, 0.25) is 18.1 Å². The smallest absolute Gasteiger partial charge is 0.338 e. The Morgan fingerprint density at radius 2 is 1.78 bits per heavy atom. The number of fused-ring (bicyclic) bond motifs is 2. The van der Waals surface area contributed by atoms with Crippen LogP contribution in [0.1, 0.15) is 57.8 Å². The van der Waals surface area contributed by atoms with Crippen LogP contribution in [0, 0.1) is 0 Å². The maximum atomic E-state index is 13.2. The molecule has 3 fully saturated rings. The number of aliphatic hydroxyl groups is 1. The molecule has 3 aliphatic heterocycles. The number of benzene rings is 1.